The molecular weight excluding hydrogens is 264 g/mol. The molecule has 1 aliphatic rings. The van der Waals surface area contributed by atoms with Crippen molar-refractivity contribution in [3.05, 3.63) is 48.3 Å². The maximum Gasteiger partial charge on any atom is 0.182 e. The number of carbonyl (C=O) groups is 2. The van der Waals surface area contributed by atoms with Gasteiger partial charge in [0.25, 0.3) is 0 Å². The van der Waals surface area contributed by atoms with Crippen LogP contribution in [0.2, 0.25) is 0 Å². The average molecular weight is 288 g/mol. The molecule has 0 saturated heterocycles. The molecule has 0 spiro atoms. The Kier molecular flexibility index (Phi) is 5.89. The summed E-state index contributed by atoms with van der Waals surface area (Å²) in [5, 5.41) is 0. The van der Waals surface area contributed by atoms with E-state index in [1.807, 2.05) is 20.8 Å². The van der Waals surface area contributed by atoms with Crippen LogP contribution in [0.5, 0.6) is 0 Å². The Labute approximate surface area is 127 Å². The van der Waals surface area contributed by atoms with Crippen LogP contribution in [0.4, 0.5) is 0 Å². The third-order valence-corrected chi connectivity index (χ3v) is 3.63. The highest BCUT2D eigenvalue weighted by molar-refractivity contribution is 6.17. The lowest BCUT2D eigenvalue weighted by Gasteiger charge is -2.27. The van der Waals surface area contributed by atoms with Crippen molar-refractivity contribution in [3.8, 4) is 0 Å². The van der Waals surface area contributed by atoms with Crippen LogP contribution < -0.4 is 0 Å². The van der Waals surface area contributed by atoms with Gasteiger partial charge in [0.15, 0.2) is 11.6 Å². The first kappa shape index (κ1) is 17.2. The predicted molar refractivity (Wildman–Crippen MR) is 84.8 cm³/mol. The van der Waals surface area contributed by atoms with E-state index in [4.69, 9.17) is 4.74 Å². The Bertz CT molecular complexity index is 519. The lowest BCUT2D eigenvalue weighted by atomic mass is 9.76. The molecule has 114 valence electrons. The quantitative estimate of drug-likeness (QED) is 0.294. The van der Waals surface area contributed by atoms with Gasteiger partial charge in [0, 0.05) is 5.57 Å². The molecule has 3 heteroatoms. The van der Waals surface area contributed by atoms with Crippen molar-refractivity contribution in [1.29, 1.82) is 0 Å². The highest BCUT2D eigenvalue weighted by Crippen LogP contribution is 2.34. The first-order valence-electron chi connectivity index (χ1n) is 7.20. The third kappa shape index (κ3) is 5.18. The average Bonchev–Trinajstić information content (AvgIpc) is 2.40. The smallest absolute Gasteiger partial charge is 0.182 e. The zero-order chi connectivity index (χ0) is 16.0. The molecule has 0 heterocycles. The van der Waals surface area contributed by atoms with Crippen LogP contribution in [-0.2, 0) is 14.3 Å². The minimum Gasteiger partial charge on any atom is -0.494 e. The molecule has 0 atom stereocenters. The maximum atomic E-state index is 11.9. The molecule has 0 aromatic carbocycles. The van der Waals surface area contributed by atoms with Crippen LogP contribution in [0.15, 0.2) is 48.3 Å². The minimum atomic E-state index is -0.303. The zero-order valence-corrected chi connectivity index (χ0v) is 13.2. The van der Waals surface area contributed by atoms with Gasteiger partial charge in [-0.05, 0) is 55.4 Å². The first-order valence-corrected chi connectivity index (χ1v) is 7.20. The van der Waals surface area contributed by atoms with E-state index in [9.17, 15) is 9.59 Å². The lowest BCUT2D eigenvalue weighted by molar-refractivity contribution is -0.115. The standard InChI is InChI=1S/C18H24O3/c1-13(2)14(3)21-11-7-6-10-18(4,5)16-12-15(19)8-9-17(16)20/h8-9,12H,1,3,6-7,10-11H2,2,4-5H3. The molecule has 0 bridgehead atoms. The summed E-state index contributed by atoms with van der Waals surface area (Å²) < 4.78 is 5.46. The molecule has 0 unspecified atom stereocenters. The summed E-state index contributed by atoms with van der Waals surface area (Å²) >= 11 is 0. The number of hydrogen-bond acceptors (Lipinski definition) is 3. The van der Waals surface area contributed by atoms with Gasteiger partial charge in [0.1, 0.15) is 5.76 Å². The number of ether oxygens (including phenoxy) is 1. The van der Waals surface area contributed by atoms with E-state index in [2.05, 4.69) is 13.2 Å². The van der Waals surface area contributed by atoms with Crippen molar-refractivity contribution >= 4 is 11.6 Å². The van der Waals surface area contributed by atoms with Gasteiger partial charge in [-0.3, -0.25) is 9.59 Å². The van der Waals surface area contributed by atoms with Crippen molar-refractivity contribution in [2.24, 2.45) is 5.41 Å². The van der Waals surface area contributed by atoms with Crippen LogP contribution in [0, 0.1) is 5.41 Å². The molecule has 0 amide bonds. The molecule has 0 aliphatic heterocycles. The molecule has 0 fully saturated rings. The van der Waals surface area contributed by atoms with Crippen LogP contribution in [0.1, 0.15) is 40.0 Å². The van der Waals surface area contributed by atoms with E-state index in [0.717, 1.165) is 24.8 Å². The van der Waals surface area contributed by atoms with Crippen molar-refractivity contribution in [2.45, 2.75) is 40.0 Å². The van der Waals surface area contributed by atoms with Gasteiger partial charge in [-0.1, -0.05) is 27.0 Å². The lowest BCUT2D eigenvalue weighted by Crippen LogP contribution is -2.23. The summed E-state index contributed by atoms with van der Waals surface area (Å²) in [4.78, 5) is 23.3. The molecule has 21 heavy (non-hydrogen) atoms. The number of carbonyl (C=O) groups excluding carboxylic acids is 2. The van der Waals surface area contributed by atoms with Gasteiger partial charge >= 0.3 is 0 Å². The number of rotatable bonds is 8. The molecule has 0 saturated carbocycles. The fourth-order valence-corrected chi connectivity index (χ4v) is 2.16. The Hall–Kier alpha value is -1.90. The molecule has 0 N–H and O–H groups in total. The van der Waals surface area contributed by atoms with E-state index in [1.54, 1.807) is 0 Å². The number of allylic oxidation sites excluding steroid dienone is 5. The highest BCUT2D eigenvalue weighted by Gasteiger charge is 2.29. The summed E-state index contributed by atoms with van der Waals surface area (Å²) in [6, 6.07) is 0. The Morgan fingerprint density at radius 3 is 2.48 bits per heavy atom. The molecule has 0 radical (unpaired) electrons. The summed E-state index contributed by atoms with van der Waals surface area (Å²) in [5.74, 6) is 0.445. The van der Waals surface area contributed by atoms with Crippen LogP contribution in [0.25, 0.3) is 0 Å². The van der Waals surface area contributed by atoms with Crippen molar-refractivity contribution in [2.75, 3.05) is 6.61 Å². The monoisotopic (exact) mass is 288 g/mol. The second kappa shape index (κ2) is 7.21. The fraction of sp³-hybridized carbons (Fsp3) is 0.444. The van der Waals surface area contributed by atoms with Gasteiger partial charge in [-0.15, -0.1) is 0 Å². The highest BCUT2D eigenvalue weighted by atomic mass is 16.5. The van der Waals surface area contributed by atoms with E-state index in [1.165, 1.54) is 18.2 Å². The van der Waals surface area contributed by atoms with Crippen molar-refractivity contribution in [1.82, 2.24) is 0 Å². The largest absolute Gasteiger partial charge is 0.494 e. The molecule has 1 rings (SSSR count). The Morgan fingerprint density at radius 1 is 1.19 bits per heavy atom. The van der Waals surface area contributed by atoms with Gasteiger partial charge in [0.2, 0.25) is 0 Å². The summed E-state index contributed by atoms with van der Waals surface area (Å²) in [6.45, 7) is 14.0. The maximum absolute atomic E-state index is 11.9. The molecule has 1 aliphatic carbocycles. The Morgan fingerprint density at radius 2 is 1.86 bits per heavy atom. The van der Waals surface area contributed by atoms with Crippen LogP contribution in [-0.4, -0.2) is 18.2 Å². The molecule has 3 nitrogen and oxygen atoms in total. The molecule has 0 aromatic rings. The molecular formula is C18H24O3. The van der Waals surface area contributed by atoms with Crippen LogP contribution >= 0.6 is 0 Å². The van der Waals surface area contributed by atoms with E-state index in [-0.39, 0.29) is 17.0 Å². The van der Waals surface area contributed by atoms with E-state index < -0.39 is 0 Å². The normalized spacial score (nSPS) is 14.9. The second-order valence-corrected chi connectivity index (χ2v) is 6.05. The van der Waals surface area contributed by atoms with Gasteiger partial charge in [-0.25, -0.2) is 0 Å². The molecule has 0 aromatic heterocycles. The third-order valence-electron chi connectivity index (χ3n) is 3.63. The SMILES string of the molecule is C=C(C)C(=C)OCCCCC(C)(C)C1=CC(=O)C=CC1=O. The van der Waals surface area contributed by atoms with Gasteiger partial charge in [-0.2, -0.15) is 0 Å². The minimum absolute atomic E-state index is 0.0634. The number of hydrogen-bond donors (Lipinski definition) is 0. The summed E-state index contributed by atoms with van der Waals surface area (Å²) in [6.07, 6.45) is 6.76. The van der Waals surface area contributed by atoms with E-state index in [0.29, 0.717) is 17.9 Å². The summed E-state index contributed by atoms with van der Waals surface area (Å²) in [7, 11) is 0. The second-order valence-electron chi connectivity index (χ2n) is 6.05. The first-order chi connectivity index (χ1) is 9.74. The van der Waals surface area contributed by atoms with Gasteiger partial charge in [0.05, 0.1) is 6.61 Å². The fourth-order valence-electron chi connectivity index (χ4n) is 2.16. The summed E-state index contributed by atoms with van der Waals surface area (Å²) in [5.41, 5.74) is 1.13. The van der Waals surface area contributed by atoms with E-state index >= 15 is 0 Å². The predicted octanol–water partition coefficient (Wildman–Crippen LogP) is 3.92. The van der Waals surface area contributed by atoms with Crippen molar-refractivity contribution < 1.29 is 14.3 Å². The van der Waals surface area contributed by atoms with Crippen LogP contribution in [0.3, 0.4) is 0 Å². The van der Waals surface area contributed by atoms with Crippen molar-refractivity contribution in [3.63, 3.8) is 0 Å². The number of unbranched alkanes of at least 4 members (excludes halogenated alkanes) is 1. The Balaban J connectivity index is 2.43. The van der Waals surface area contributed by atoms with Gasteiger partial charge < -0.3 is 4.74 Å². The zero-order valence-electron chi connectivity index (χ0n) is 13.2. The number of ketones is 2. The topological polar surface area (TPSA) is 43.4 Å².